The van der Waals surface area contributed by atoms with Gasteiger partial charge in [0.2, 0.25) is 0 Å². The van der Waals surface area contributed by atoms with Crippen molar-refractivity contribution in [3.05, 3.63) is 34.4 Å². The Bertz CT molecular complexity index is 730. The smallest absolute Gasteiger partial charge is 0.325 e. The molecule has 0 bridgehead atoms. The standard InChI is InChI=1S/C17H19N3O5/c21-15-17(11-4-5-11,12-6-7-12)18-16(22)19(15)8-9-25-14-3-1-2-13(10-14)20(23)24/h1-3,10-12H,4-9H2,(H,18,22). The molecule has 8 nitrogen and oxygen atoms in total. The van der Waals surface area contributed by atoms with Crippen LogP contribution >= 0.6 is 0 Å². The van der Waals surface area contributed by atoms with E-state index in [0.717, 1.165) is 25.7 Å². The number of rotatable bonds is 7. The highest BCUT2D eigenvalue weighted by atomic mass is 16.6. The van der Waals surface area contributed by atoms with Crippen LogP contribution < -0.4 is 10.1 Å². The lowest BCUT2D eigenvalue weighted by molar-refractivity contribution is -0.384. The Labute approximate surface area is 144 Å². The Kier molecular flexibility index (Phi) is 3.63. The third kappa shape index (κ3) is 2.71. The van der Waals surface area contributed by atoms with Gasteiger partial charge in [-0.2, -0.15) is 0 Å². The van der Waals surface area contributed by atoms with Gasteiger partial charge in [-0.1, -0.05) is 6.07 Å². The number of nitro benzene ring substituents is 1. The summed E-state index contributed by atoms with van der Waals surface area (Å²) in [5, 5.41) is 13.7. The topological polar surface area (TPSA) is 102 Å². The monoisotopic (exact) mass is 345 g/mol. The summed E-state index contributed by atoms with van der Waals surface area (Å²) in [6, 6.07) is 5.49. The first-order chi connectivity index (χ1) is 12.0. The second-order valence-electron chi connectivity index (χ2n) is 6.91. The summed E-state index contributed by atoms with van der Waals surface area (Å²) in [7, 11) is 0. The molecule has 1 aliphatic heterocycles. The average molecular weight is 345 g/mol. The van der Waals surface area contributed by atoms with E-state index >= 15 is 0 Å². The van der Waals surface area contributed by atoms with Crippen LogP contribution in [0.25, 0.3) is 0 Å². The maximum absolute atomic E-state index is 12.9. The molecule has 1 heterocycles. The summed E-state index contributed by atoms with van der Waals surface area (Å²) in [5.41, 5.74) is -0.753. The van der Waals surface area contributed by atoms with Gasteiger partial charge >= 0.3 is 6.03 Å². The summed E-state index contributed by atoms with van der Waals surface area (Å²) >= 11 is 0. The molecule has 8 heteroatoms. The van der Waals surface area contributed by atoms with Gasteiger partial charge in [0.1, 0.15) is 17.9 Å². The first-order valence-electron chi connectivity index (χ1n) is 8.53. The Hall–Kier alpha value is -2.64. The van der Waals surface area contributed by atoms with Crippen LogP contribution in [0.2, 0.25) is 0 Å². The summed E-state index contributed by atoms with van der Waals surface area (Å²) in [4.78, 5) is 36.7. The quantitative estimate of drug-likeness (QED) is 0.463. The van der Waals surface area contributed by atoms with Gasteiger partial charge < -0.3 is 10.1 Å². The SMILES string of the molecule is O=C1NC(C2CC2)(C2CC2)C(=O)N1CCOc1cccc([N+](=O)[O-])c1. The number of urea groups is 1. The first-order valence-corrected chi connectivity index (χ1v) is 8.53. The van der Waals surface area contributed by atoms with Gasteiger partial charge in [-0.05, 0) is 43.6 Å². The molecule has 0 radical (unpaired) electrons. The number of nitro groups is 1. The number of carbonyl (C=O) groups is 2. The van der Waals surface area contributed by atoms with Crippen molar-refractivity contribution in [1.29, 1.82) is 0 Å². The lowest BCUT2D eigenvalue weighted by Crippen LogP contribution is -2.51. The van der Waals surface area contributed by atoms with Crippen molar-refractivity contribution >= 4 is 17.6 Å². The van der Waals surface area contributed by atoms with Crippen molar-refractivity contribution < 1.29 is 19.2 Å². The predicted octanol–water partition coefficient (Wildman–Crippen LogP) is 2.08. The van der Waals surface area contributed by atoms with Gasteiger partial charge in [-0.25, -0.2) is 4.79 Å². The molecule has 1 aromatic rings. The minimum absolute atomic E-state index is 0.0611. The Morgan fingerprint density at radius 1 is 1.24 bits per heavy atom. The van der Waals surface area contributed by atoms with Crippen LogP contribution in [-0.2, 0) is 4.79 Å². The number of amides is 3. The van der Waals surface area contributed by atoms with E-state index in [-0.39, 0.29) is 42.6 Å². The molecule has 3 aliphatic rings. The van der Waals surface area contributed by atoms with E-state index in [1.54, 1.807) is 6.07 Å². The van der Waals surface area contributed by atoms with Crippen molar-refractivity contribution in [1.82, 2.24) is 10.2 Å². The molecule has 25 heavy (non-hydrogen) atoms. The molecule has 3 fully saturated rings. The van der Waals surface area contributed by atoms with Gasteiger partial charge in [0.15, 0.2) is 0 Å². The molecular weight excluding hydrogens is 326 g/mol. The van der Waals surface area contributed by atoms with Crippen molar-refractivity contribution in [2.24, 2.45) is 11.8 Å². The summed E-state index contributed by atoms with van der Waals surface area (Å²) in [6.07, 6.45) is 3.95. The number of benzene rings is 1. The van der Waals surface area contributed by atoms with E-state index in [0.29, 0.717) is 5.75 Å². The molecule has 0 aromatic heterocycles. The van der Waals surface area contributed by atoms with E-state index in [4.69, 9.17) is 4.74 Å². The summed E-state index contributed by atoms with van der Waals surface area (Å²) in [5.74, 6) is 0.736. The highest BCUT2D eigenvalue weighted by Crippen LogP contribution is 2.54. The zero-order valence-electron chi connectivity index (χ0n) is 13.6. The molecule has 1 aromatic carbocycles. The van der Waals surface area contributed by atoms with Gasteiger partial charge in [0, 0.05) is 6.07 Å². The highest BCUT2D eigenvalue weighted by molar-refractivity contribution is 6.08. The Balaban J connectivity index is 1.40. The maximum atomic E-state index is 12.9. The van der Waals surface area contributed by atoms with Gasteiger partial charge in [-0.3, -0.25) is 19.8 Å². The zero-order chi connectivity index (χ0) is 17.6. The van der Waals surface area contributed by atoms with E-state index in [2.05, 4.69) is 5.32 Å². The lowest BCUT2D eigenvalue weighted by atomic mass is 9.87. The van der Waals surface area contributed by atoms with Crippen molar-refractivity contribution in [2.75, 3.05) is 13.2 Å². The Morgan fingerprint density at radius 3 is 2.52 bits per heavy atom. The van der Waals surface area contributed by atoms with Gasteiger partial charge in [0.25, 0.3) is 11.6 Å². The number of ether oxygens (including phenoxy) is 1. The minimum Gasteiger partial charge on any atom is -0.491 e. The van der Waals surface area contributed by atoms with Crippen LogP contribution in [0.1, 0.15) is 25.7 Å². The van der Waals surface area contributed by atoms with Gasteiger partial charge in [-0.15, -0.1) is 0 Å². The molecule has 1 N–H and O–H groups in total. The second-order valence-corrected chi connectivity index (χ2v) is 6.91. The van der Waals surface area contributed by atoms with E-state index < -0.39 is 10.5 Å². The molecule has 2 aliphatic carbocycles. The zero-order valence-corrected chi connectivity index (χ0v) is 13.6. The Morgan fingerprint density at radius 2 is 1.92 bits per heavy atom. The van der Waals surface area contributed by atoms with Crippen LogP contribution in [0.15, 0.2) is 24.3 Å². The molecule has 132 valence electrons. The molecule has 3 amide bonds. The number of hydrogen-bond donors (Lipinski definition) is 1. The fourth-order valence-electron chi connectivity index (χ4n) is 3.72. The lowest BCUT2D eigenvalue weighted by Gasteiger charge is -2.26. The third-order valence-electron chi connectivity index (χ3n) is 5.21. The predicted molar refractivity (Wildman–Crippen MR) is 87.0 cm³/mol. The van der Waals surface area contributed by atoms with Gasteiger partial charge in [0.05, 0.1) is 17.5 Å². The maximum Gasteiger partial charge on any atom is 0.325 e. The van der Waals surface area contributed by atoms with Crippen molar-refractivity contribution in [2.45, 2.75) is 31.2 Å². The van der Waals surface area contributed by atoms with Crippen LogP contribution in [0.3, 0.4) is 0 Å². The first kappa shape index (κ1) is 15.9. The minimum atomic E-state index is -0.692. The summed E-state index contributed by atoms with van der Waals surface area (Å²) < 4.78 is 5.50. The molecule has 0 unspecified atom stereocenters. The summed E-state index contributed by atoms with van der Waals surface area (Å²) in [6.45, 7) is 0.236. The van der Waals surface area contributed by atoms with E-state index in [9.17, 15) is 19.7 Å². The van der Waals surface area contributed by atoms with Crippen molar-refractivity contribution in [3.8, 4) is 5.75 Å². The number of carbonyl (C=O) groups excluding carboxylic acids is 2. The van der Waals surface area contributed by atoms with Crippen LogP contribution in [0, 0.1) is 22.0 Å². The van der Waals surface area contributed by atoms with E-state index in [1.165, 1.54) is 23.1 Å². The molecule has 2 saturated carbocycles. The largest absolute Gasteiger partial charge is 0.491 e. The van der Waals surface area contributed by atoms with Crippen LogP contribution in [-0.4, -0.2) is 40.5 Å². The average Bonchev–Trinajstić information content (AvgIpc) is 3.48. The highest BCUT2D eigenvalue weighted by Gasteiger charge is 2.65. The molecule has 0 atom stereocenters. The number of non-ortho nitro benzene ring substituents is 1. The molecule has 1 saturated heterocycles. The van der Waals surface area contributed by atoms with E-state index in [1.807, 2.05) is 0 Å². The molecule has 4 rings (SSSR count). The van der Waals surface area contributed by atoms with Crippen LogP contribution in [0.4, 0.5) is 10.5 Å². The number of hydrogen-bond acceptors (Lipinski definition) is 5. The number of imide groups is 1. The number of nitrogens with zero attached hydrogens (tertiary/aromatic N) is 2. The second kappa shape index (κ2) is 5.72. The fraction of sp³-hybridized carbons (Fsp3) is 0.529. The number of nitrogens with one attached hydrogen (secondary N) is 1. The van der Waals surface area contributed by atoms with Crippen molar-refractivity contribution in [3.63, 3.8) is 0 Å². The molecule has 0 spiro atoms. The van der Waals surface area contributed by atoms with Crippen LogP contribution in [0.5, 0.6) is 5.75 Å². The normalized spacial score (nSPS) is 22.0. The molecular formula is C17H19N3O5. The fourth-order valence-corrected chi connectivity index (χ4v) is 3.72. The third-order valence-corrected chi connectivity index (χ3v) is 5.21.